The Morgan fingerprint density at radius 3 is 1.51 bits per heavy atom. The lowest BCUT2D eigenvalue weighted by molar-refractivity contribution is -0.129. The number of allylic oxidation sites excluding steroid dienone is 3. The Morgan fingerprint density at radius 2 is 0.922 bits per heavy atom. The van der Waals surface area contributed by atoms with Gasteiger partial charge in [0.25, 0.3) is 0 Å². The van der Waals surface area contributed by atoms with Gasteiger partial charge in [-0.05, 0) is 336 Å². The zero-order valence-electron chi connectivity index (χ0n) is 63.1. The van der Waals surface area contributed by atoms with E-state index in [2.05, 4.69) is 144 Å². The molecular weight excluding hydrogens is 1090 g/mol. The van der Waals surface area contributed by atoms with Gasteiger partial charge < -0.3 is 15.3 Å². The predicted molar refractivity (Wildman–Crippen MR) is 385 cm³/mol. The lowest BCUT2D eigenvalue weighted by Crippen LogP contribution is -2.54. The average molecular weight is 1250 g/mol. The molecule has 0 saturated heterocycles. The Balaban J connectivity index is 0.000000149. The molecule has 0 aromatic heterocycles. The van der Waals surface area contributed by atoms with Crippen LogP contribution in [0, 0.1) is 169 Å². The quantitative estimate of drug-likeness (QED) is 0.127. The second-order valence-corrected chi connectivity index (χ2v) is 39.3. The minimum absolute atomic E-state index is 0.0111. The molecule has 12 aliphatic carbocycles. The highest BCUT2D eigenvalue weighted by Crippen LogP contribution is 2.71. The van der Waals surface area contributed by atoms with Crippen LogP contribution in [-0.2, 0) is 0 Å². The van der Waals surface area contributed by atoms with E-state index in [0.717, 1.165) is 156 Å². The minimum Gasteiger partial charge on any atom is -0.393 e. The van der Waals surface area contributed by atoms with Crippen LogP contribution in [0.4, 0.5) is 0 Å². The Morgan fingerprint density at radius 1 is 0.422 bits per heavy atom. The second kappa shape index (κ2) is 28.7. The zero-order valence-corrected chi connectivity index (χ0v) is 63.1. The van der Waals surface area contributed by atoms with Crippen molar-refractivity contribution in [1.82, 2.24) is 0 Å². The van der Waals surface area contributed by atoms with Gasteiger partial charge in [-0.1, -0.05) is 193 Å². The zero-order chi connectivity index (χ0) is 65.2. The van der Waals surface area contributed by atoms with Crippen molar-refractivity contribution in [3.05, 3.63) is 23.3 Å². The van der Waals surface area contributed by atoms with Crippen LogP contribution in [0.2, 0.25) is 0 Å². The van der Waals surface area contributed by atoms with E-state index in [0.29, 0.717) is 44.3 Å². The maximum atomic E-state index is 10.5. The van der Waals surface area contributed by atoms with Gasteiger partial charge in [0.2, 0.25) is 0 Å². The lowest BCUT2D eigenvalue weighted by atomic mass is 9.44. The summed E-state index contributed by atoms with van der Waals surface area (Å²) in [6.45, 7) is 47.7. The smallest absolute Gasteiger partial charge is 0.0577 e. The van der Waals surface area contributed by atoms with E-state index in [-0.39, 0.29) is 18.3 Å². The highest BCUT2D eigenvalue weighted by atomic mass is 16.3. The lowest BCUT2D eigenvalue weighted by Gasteiger charge is -2.61. The molecule has 3 nitrogen and oxygen atoms in total. The van der Waals surface area contributed by atoms with Gasteiger partial charge in [0.15, 0.2) is 0 Å². The van der Waals surface area contributed by atoms with Crippen molar-refractivity contribution in [3.63, 3.8) is 0 Å². The summed E-state index contributed by atoms with van der Waals surface area (Å²) in [6, 6.07) is 0. The summed E-state index contributed by atoms with van der Waals surface area (Å²) in [5.41, 5.74) is 6.56. The largest absolute Gasteiger partial charge is 0.393 e. The van der Waals surface area contributed by atoms with E-state index >= 15 is 0 Å². The third kappa shape index (κ3) is 13.4. The molecule has 518 valence electrons. The first-order valence-electron chi connectivity index (χ1n) is 40.9. The van der Waals surface area contributed by atoms with Gasteiger partial charge in [0, 0.05) is 0 Å². The van der Waals surface area contributed by atoms with E-state index in [1.165, 1.54) is 173 Å². The molecule has 10 fully saturated rings. The molecule has 12 aliphatic rings. The predicted octanol–water partition coefficient (Wildman–Crippen LogP) is 24.0. The minimum atomic E-state index is -0.0790. The molecule has 0 bridgehead atoms. The molecule has 0 heterocycles. The topological polar surface area (TPSA) is 60.7 Å². The summed E-state index contributed by atoms with van der Waals surface area (Å²) in [7, 11) is 0. The van der Waals surface area contributed by atoms with Gasteiger partial charge >= 0.3 is 0 Å². The SMILES string of the molecule is CC(C)[C@H](C)CC[C@@H](C)[C@H]1CC[C@H]2[C@@H]3CC=C4C[C@@H](O)CC[C@]4(C)[C@H]3CC[C@]12C.CCC(CC[C@@H](C)[C@H]1CC[C@H]2C3=CC[C@H]4[C@H](C)[C@@H](O)CC[C@]4(C)[C@H]3CC[C@]12C)C(C)C.CC[C@@H](CC[C@@H](C)[C@H]1CC[C@H]2[C@@H]3CC[C@H]4C[C@@H](O)CC[C@]4(C)[C@H]3CC[C@]12C)C(C)C. The van der Waals surface area contributed by atoms with Crippen LogP contribution in [0.5, 0.6) is 0 Å². The number of fused-ring (bicyclic) bond motifs is 15. The van der Waals surface area contributed by atoms with Crippen molar-refractivity contribution in [2.24, 2.45) is 169 Å². The van der Waals surface area contributed by atoms with E-state index in [1.807, 2.05) is 5.57 Å². The molecule has 0 spiro atoms. The molecule has 3 N–H and O–H groups in total. The Hall–Kier alpha value is -0.640. The number of rotatable bonds is 17. The van der Waals surface area contributed by atoms with E-state index < -0.39 is 0 Å². The summed E-state index contributed by atoms with van der Waals surface area (Å²) < 4.78 is 0. The molecule has 0 aliphatic heterocycles. The normalized spacial score (nSPS) is 47.1. The van der Waals surface area contributed by atoms with Gasteiger partial charge in [-0.15, -0.1) is 0 Å². The Kier molecular flexibility index (Phi) is 23.0. The van der Waals surface area contributed by atoms with Crippen LogP contribution in [-0.4, -0.2) is 33.6 Å². The molecule has 12 rings (SSSR count). The van der Waals surface area contributed by atoms with E-state index in [1.54, 1.807) is 5.57 Å². The third-order valence-electron chi connectivity index (χ3n) is 34.7. The summed E-state index contributed by atoms with van der Waals surface area (Å²) in [5.74, 6) is 19.9. The van der Waals surface area contributed by atoms with Gasteiger partial charge in [0.05, 0.1) is 18.3 Å². The molecule has 29 atom stereocenters. The number of hydrogen-bond acceptors (Lipinski definition) is 3. The van der Waals surface area contributed by atoms with Crippen LogP contribution in [0.3, 0.4) is 0 Å². The maximum Gasteiger partial charge on any atom is 0.0577 e. The fourth-order valence-corrected chi connectivity index (χ4v) is 28.2. The Labute approximate surface area is 559 Å². The molecule has 0 aromatic carbocycles. The van der Waals surface area contributed by atoms with Gasteiger partial charge in [-0.3, -0.25) is 0 Å². The molecular formula is C87H152O3. The first-order valence-corrected chi connectivity index (χ1v) is 40.9. The molecule has 3 heteroatoms. The number of hydrogen-bond donors (Lipinski definition) is 3. The fourth-order valence-electron chi connectivity index (χ4n) is 28.2. The van der Waals surface area contributed by atoms with Crippen molar-refractivity contribution in [2.75, 3.05) is 0 Å². The molecule has 0 aromatic rings. The third-order valence-corrected chi connectivity index (χ3v) is 34.7. The van der Waals surface area contributed by atoms with Crippen LogP contribution in [0.1, 0.15) is 337 Å². The van der Waals surface area contributed by atoms with Crippen LogP contribution in [0.25, 0.3) is 0 Å². The Bertz CT molecular complexity index is 2380. The maximum absolute atomic E-state index is 10.5. The van der Waals surface area contributed by atoms with Crippen LogP contribution in [0.15, 0.2) is 23.3 Å². The van der Waals surface area contributed by atoms with Gasteiger partial charge in [-0.25, -0.2) is 0 Å². The molecule has 10 saturated carbocycles. The van der Waals surface area contributed by atoms with Crippen molar-refractivity contribution in [1.29, 1.82) is 0 Å². The van der Waals surface area contributed by atoms with Crippen molar-refractivity contribution in [2.45, 2.75) is 355 Å². The summed E-state index contributed by atoms with van der Waals surface area (Å²) >= 11 is 0. The van der Waals surface area contributed by atoms with Crippen LogP contribution >= 0.6 is 0 Å². The molecule has 90 heavy (non-hydrogen) atoms. The van der Waals surface area contributed by atoms with Crippen molar-refractivity contribution in [3.8, 4) is 0 Å². The van der Waals surface area contributed by atoms with Crippen molar-refractivity contribution >= 4 is 0 Å². The number of aliphatic hydroxyl groups is 3. The summed E-state index contributed by atoms with van der Waals surface area (Å²) in [4.78, 5) is 0. The standard InChI is InChI=1S/C30H52O.C29H52O.C28H48O/c1-8-22(19(2)3)10-9-20(4)24-13-14-26-23-11-12-25-21(5)28(31)16-18-30(25,7)27(23)15-17-29(24,26)6;1-7-21(19(2)3)9-8-20(4)25-12-13-26-24-11-10-22-18-23(30)14-16-28(22,5)27(24)15-17-29(25,26)6;1-18(2)19(3)7-8-20(4)24-11-12-25-23-10-9-21-17-22(29)13-15-27(21,5)26(23)14-16-28(24,25)6/h11,19-22,24-28,31H,8-10,12-18H2,1-7H3;19-27,30H,7-18H2,1-6H3;9,18-20,22-26,29H,7-8,10-17H2,1-6H3/t20-,21+,22?,24-,25+,26+,27+,28+,29-,30+;20-,21+,22+,23+,24+,25-,26+,27+,28+,29-;19-,20-,22+,23+,24-,25+,26+,27+,28-/m111/s1. The van der Waals surface area contributed by atoms with Crippen LogP contribution < -0.4 is 0 Å². The fraction of sp³-hybridized carbons (Fsp3) is 0.954. The summed E-state index contributed by atoms with van der Waals surface area (Å²) in [5, 5.41) is 31.1. The molecule has 1 unspecified atom stereocenters. The van der Waals surface area contributed by atoms with E-state index in [9.17, 15) is 15.3 Å². The molecule has 0 radical (unpaired) electrons. The second-order valence-electron chi connectivity index (χ2n) is 39.3. The average Bonchev–Trinajstić information content (AvgIpc) is 1.42. The first kappa shape index (κ1) is 72.1. The molecule has 0 amide bonds. The highest BCUT2D eigenvalue weighted by Gasteiger charge is 2.63. The van der Waals surface area contributed by atoms with Gasteiger partial charge in [-0.2, -0.15) is 0 Å². The van der Waals surface area contributed by atoms with Crippen molar-refractivity contribution < 1.29 is 15.3 Å². The number of aliphatic hydroxyl groups excluding tert-OH is 3. The van der Waals surface area contributed by atoms with Gasteiger partial charge in [0.1, 0.15) is 0 Å². The monoisotopic (exact) mass is 1250 g/mol. The van der Waals surface area contributed by atoms with E-state index in [4.69, 9.17) is 0 Å². The first-order chi connectivity index (χ1) is 42.5. The highest BCUT2D eigenvalue weighted by molar-refractivity contribution is 5.29. The summed E-state index contributed by atoms with van der Waals surface area (Å²) in [6.07, 6.45) is 48.3.